The second-order valence-electron chi connectivity index (χ2n) is 4.64. The third-order valence-electron chi connectivity index (χ3n) is 3.79. The largest absolute Gasteiger partial charge is 0.316 e. The van der Waals surface area contributed by atoms with Gasteiger partial charge >= 0.3 is 0 Å². The van der Waals surface area contributed by atoms with Gasteiger partial charge in [-0.1, -0.05) is 44.2 Å². The molecule has 0 bridgehead atoms. The summed E-state index contributed by atoms with van der Waals surface area (Å²) in [6.45, 7) is 7.04. The van der Waals surface area contributed by atoms with Crippen LogP contribution in [0.3, 0.4) is 0 Å². The number of piperidine rings is 1. The highest BCUT2D eigenvalue weighted by molar-refractivity contribution is 5.26. The molecule has 1 nitrogen and oxygen atoms in total. The zero-order valence-corrected chi connectivity index (χ0v) is 9.09. The highest BCUT2D eigenvalue weighted by atomic mass is 14.9. The van der Waals surface area contributed by atoms with E-state index in [-0.39, 0.29) is 0 Å². The van der Waals surface area contributed by atoms with Gasteiger partial charge < -0.3 is 5.32 Å². The van der Waals surface area contributed by atoms with Crippen molar-refractivity contribution in [2.75, 3.05) is 13.1 Å². The first-order chi connectivity index (χ1) is 6.73. The molecule has 1 heteroatoms. The van der Waals surface area contributed by atoms with Crippen molar-refractivity contribution < 1.29 is 0 Å². The molecule has 0 aliphatic carbocycles. The molecule has 2 unspecified atom stereocenters. The summed E-state index contributed by atoms with van der Waals surface area (Å²) >= 11 is 0. The van der Waals surface area contributed by atoms with Crippen LogP contribution in [0.5, 0.6) is 0 Å². The first kappa shape index (κ1) is 9.72. The Bertz CT molecular complexity index is 293. The van der Waals surface area contributed by atoms with Crippen LogP contribution in [0.1, 0.15) is 25.8 Å². The van der Waals surface area contributed by atoms with E-state index < -0.39 is 0 Å². The molecular formula is C13H19N. The van der Waals surface area contributed by atoms with Gasteiger partial charge in [-0.3, -0.25) is 0 Å². The van der Waals surface area contributed by atoms with Crippen LogP contribution in [0.2, 0.25) is 0 Å². The lowest BCUT2D eigenvalue weighted by Crippen LogP contribution is -2.44. The molecule has 14 heavy (non-hydrogen) atoms. The van der Waals surface area contributed by atoms with Gasteiger partial charge in [0.2, 0.25) is 0 Å². The molecule has 1 heterocycles. The summed E-state index contributed by atoms with van der Waals surface area (Å²) in [5.74, 6) is 0.721. The Morgan fingerprint density at radius 3 is 2.64 bits per heavy atom. The summed E-state index contributed by atoms with van der Waals surface area (Å²) in [6.07, 6.45) is 1.25. The number of hydrogen-bond donors (Lipinski definition) is 1. The summed E-state index contributed by atoms with van der Waals surface area (Å²) in [6, 6.07) is 10.9. The van der Waals surface area contributed by atoms with Crippen molar-refractivity contribution in [2.45, 2.75) is 25.7 Å². The minimum Gasteiger partial charge on any atom is -0.316 e. The van der Waals surface area contributed by atoms with E-state index in [1.165, 1.54) is 12.0 Å². The van der Waals surface area contributed by atoms with Crippen LogP contribution in [-0.4, -0.2) is 13.1 Å². The molecule has 0 radical (unpaired) electrons. The second-order valence-corrected chi connectivity index (χ2v) is 4.64. The number of hydrogen-bond acceptors (Lipinski definition) is 1. The van der Waals surface area contributed by atoms with Crippen LogP contribution in [0.4, 0.5) is 0 Å². The normalized spacial score (nSPS) is 32.9. The van der Waals surface area contributed by atoms with Crippen LogP contribution >= 0.6 is 0 Å². The maximum Gasteiger partial charge on any atom is -0.00147 e. The molecule has 0 aromatic heterocycles. The molecule has 0 spiro atoms. The van der Waals surface area contributed by atoms with Crippen LogP contribution in [0, 0.1) is 5.92 Å². The van der Waals surface area contributed by atoms with Crippen LogP contribution in [0.25, 0.3) is 0 Å². The topological polar surface area (TPSA) is 12.0 Å². The average molecular weight is 189 g/mol. The summed E-state index contributed by atoms with van der Waals surface area (Å²) in [7, 11) is 0. The highest BCUT2D eigenvalue weighted by Gasteiger charge is 2.34. The van der Waals surface area contributed by atoms with Gasteiger partial charge in [0.1, 0.15) is 0 Å². The fraction of sp³-hybridized carbons (Fsp3) is 0.538. The maximum absolute atomic E-state index is 3.46. The third kappa shape index (κ3) is 1.57. The van der Waals surface area contributed by atoms with Gasteiger partial charge in [-0.05, 0) is 36.4 Å². The Hall–Kier alpha value is -0.820. The second kappa shape index (κ2) is 3.74. The molecule has 1 aromatic rings. The van der Waals surface area contributed by atoms with E-state index in [0.717, 1.165) is 19.0 Å². The number of rotatable bonds is 1. The Kier molecular flexibility index (Phi) is 2.60. The Morgan fingerprint density at radius 1 is 1.29 bits per heavy atom. The molecule has 2 atom stereocenters. The summed E-state index contributed by atoms with van der Waals surface area (Å²) in [5, 5.41) is 3.46. The van der Waals surface area contributed by atoms with E-state index in [4.69, 9.17) is 0 Å². The molecule has 1 N–H and O–H groups in total. The molecule has 1 saturated heterocycles. The number of benzene rings is 1. The quantitative estimate of drug-likeness (QED) is 0.716. The van der Waals surface area contributed by atoms with E-state index in [9.17, 15) is 0 Å². The minimum absolute atomic E-state index is 0.368. The summed E-state index contributed by atoms with van der Waals surface area (Å²) in [4.78, 5) is 0. The van der Waals surface area contributed by atoms with Crippen molar-refractivity contribution in [3.8, 4) is 0 Å². The van der Waals surface area contributed by atoms with E-state index >= 15 is 0 Å². The smallest absolute Gasteiger partial charge is 0.00147 e. The predicted octanol–water partition coefficient (Wildman–Crippen LogP) is 2.57. The van der Waals surface area contributed by atoms with Gasteiger partial charge in [0.05, 0.1) is 0 Å². The van der Waals surface area contributed by atoms with Gasteiger partial charge in [0, 0.05) is 0 Å². The van der Waals surface area contributed by atoms with E-state index in [0.29, 0.717) is 5.41 Å². The van der Waals surface area contributed by atoms with Crippen molar-refractivity contribution in [3.05, 3.63) is 35.9 Å². The van der Waals surface area contributed by atoms with Crippen molar-refractivity contribution in [2.24, 2.45) is 5.92 Å². The zero-order valence-electron chi connectivity index (χ0n) is 9.09. The van der Waals surface area contributed by atoms with Crippen LogP contribution < -0.4 is 5.32 Å². The fourth-order valence-electron chi connectivity index (χ4n) is 2.39. The lowest BCUT2D eigenvalue weighted by Gasteiger charge is -2.40. The zero-order chi connectivity index (χ0) is 10.0. The SMILES string of the molecule is CC1CNCCC1(C)c1ccccc1. The maximum atomic E-state index is 3.46. The van der Waals surface area contributed by atoms with Crippen molar-refractivity contribution in [1.82, 2.24) is 5.32 Å². The standard InChI is InChI=1S/C13H19N/c1-11-10-14-9-8-13(11,2)12-6-4-3-5-7-12/h3-7,11,14H,8-10H2,1-2H3. The number of nitrogens with one attached hydrogen (secondary N) is 1. The van der Waals surface area contributed by atoms with Crippen LogP contribution in [-0.2, 0) is 5.41 Å². The molecule has 1 aliphatic rings. The summed E-state index contributed by atoms with van der Waals surface area (Å²) < 4.78 is 0. The molecule has 76 valence electrons. The molecular weight excluding hydrogens is 170 g/mol. The van der Waals surface area contributed by atoms with E-state index in [1.54, 1.807) is 0 Å². The fourth-order valence-corrected chi connectivity index (χ4v) is 2.39. The molecule has 1 aliphatic heterocycles. The highest BCUT2D eigenvalue weighted by Crippen LogP contribution is 2.36. The first-order valence-electron chi connectivity index (χ1n) is 5.50. The minimum atomic E-state index is 0.368. The first-order valence-corrected chi connectivity index (χ1v) is 5.50. The lowest BCUT2D eigenvalue weighted by molar-refractivity contribution is 0.238. The average Bonchev–Trinajstić information content (AvgIpc) is 2.24. The van der Waals surface area contributed by atoms with Gasteiger partial charge in [-0.15, -0.1) is 0 Å². The molecule has 0 saturated carbocycles. The molecule has 2 rings (SSSR count). The monoisotopic (exact) mass is 189 g/mol. The van der Waals surface area contributed by atoms with Gasteiger partial charge in [0.25, 0.3) is 0 Å². The van der Waals surface area contributed by atoms with Gasteiger partial charge in [0.15, 0.2) is 0 Å². The molecule has 0 amide bonds. The third-order valence-corrected chi connectivity index (χ3v) is 3.79. The predicted molar refractivity (Wildman–Crippen MR) is 60.4 cm³/mol. The Morgan fingerprint density at radius 2 is 2.00 bits per heavy atom. The molecule has 1 aromatic carbocycles. The summed E-state index contributed by atoms with van der Waals surface area (Å²) in [5.41, 5.74) is 1.86. The lowest BCUT2D eigenvalue weighted by atomic mass is 9.68. The van der Waals surface area contributed by atoms with Crippen molar-refractivity contribution in [1.29, 1.82) is 0 Å². The molecule has 1 fully saturated rings. The Balaban J connectivity index is 2.30. The van der Waals surface area contributed by atoms with Gasteiger partial charge in [-0.25, -0.2) is 0 Å². The van der Waals surface area contributed by atoms with Crippen molar-refractivity contribution >= 4 is 0 Å². The van der Waals surface area contributed by atoms with E-state index in [1.807, 2.05) is 0 Å². The van der Waals surface area contributed by atoms with Crippen molar-refractivity contribution in [3.63, 3.8) is 0 Å². The van der Waals surface area contributed by atoms with E-state index in [2.05, 4.69) is 49.5 Å². The Labute approximate surface area is 86.5 Å². The van der Waals surface area contributed by atoms with Gasteiger partial charge in [-0.2, -0.15) is 0 Å². The van der Waals surface area contributed by atoms with Crippen LogP contribution in [0.15, 0.2) is 30.3 Å².